The molecule has 0 aliphatic heterocycles. The van der Waals surface area contributed by atoms with Gasteiger partial charge in [-0.1, -0.05) is 32.0 Å². The fourth-order valence-corrected chi connectivity index (χ4v) is 2.22. The van der Waals surface area contributed by atoms with Crippen molar-refractivity contribution in [2.45, 2.75) is 19.8 Å². The van der Waals surface area contributed by atoms with Crippen LogP contribution in [0, 0.1) is 0 Å². The van der Waals surface area contributed by atoms with Crippen LogP contribution in [0.2, 0.25) is 0 Å². The van der Waals surface area contributed by atoms with E-state index in [0.717, 1.165) is 27.9 Å². The number of hydrogen-bond donors (Lipinski definition) is 1. The first-order valence-corrected chi connectivity index (χ1v) is 6.62. The summed E-state index contributed by atoms with van der Waals surface area (Å²) >= 11 is 0. The van der Waals surface area contributed by atoms with Crippen LogP contribution in [0.15, 0.2) is 42.7 Å². The maximum absolute atomic E-state index is 5.91. The number of nitrogen functional groups attached to an aromatic ring is 1. The molecule has 20 heavy (non-hydrogen) atoms. The molecule has 3 aromatic rings. The molecule has 0 unspecified atom stereocenters. The number of aromatic nitrogens is 3. The zero-order valence-corrected chi connectivity index (χ0v) is 11.5. The number of rotatable bonds is 2. The highest BCUT2D eigenvalue weighted by molar-refractivity contribution is 5.95. The van der Waals surface area contributed by atoms with Crippen LogP contribution in [0.3, 0.4) is 0 Å². The smallest absolute Gasteiger partial charge is 0.133 e. The van der Waals surface area contributed by atoms with Gasteiger partial charge in [-0.25, -0.2) is 9.97 Å². The maximum Gasteiger partial charge on any atom is 0.133 e. The van der Waals surface area contributed by atoms with Gasteiger partial charge in [0.2, 0.25) is 0 Å². The largest absolute Gasteiger partial charge is 0.384 e. The predicted molar refractivity (Wildman–Crippen MR) is 81.3 cm³/mol. The number of anilines is 1. The first-order chi connectivity index (χ1) is 9.65. The number of nitrogens with zero attached hydrogens (tertiary/aromatic N) is 3. The molecule has 2 N–H and O–H groups in total. The quantitative estimate of drug-likeness (QED) is 0.770. The molecule has 4 heteroatoms. The minimum absolute atomic E-state index is 0.241. The third-order valence-corrected chi connectivity index (χ3v) is 3.24. The van der Waals surface area contributed by atoms with Crippen LogP contribution in [0.5, 0.6) is 0 Å². The van der Waals surface area contributed by atoms with Gasteiger partial charge in [-0.3, -0.25) is 4.98 Å². The average Bonchev–Trinajstić information content (AvgIpc) is 2.46. The van der Waals surface area contributed by atoms with Gasteiger partial charge >= 0.3 is 0 Å². The molecule has 100 valence electrons. The van der Waals surface area contributed by atoms with Gasteiger partial charge in [0.1, 0.15) is 11.6 Å². The molecule has 0 saturated heterocycles. The van der Waals surface area contributed by atoms with E-state index in [-0.39, 0.29) is 5.92 Å². The van der Waals surface area contributed by atoms with Crippen molar-refractivity contribution in [2.75, 3.05) is 5.73 Å². The fourth-order valence-electron chi connectivity index (χ4n) is 2.22. The van der Waals surface area contributed by atoms with E-state index >= 15 is 0 Å². The van der Waals surface area contributed by atoms with Gasteiger partial charge in [-0.2, -0.15) is 0 Å². The van der Waals surface area contributed by atoms with Crippen molar-refractivity contribution in [3.8, 4) is 11.3 Å². The Morgan fingerprint density at radius 3 is 2.75 bits per heavy atom. The second kappa shape index (κ2) is 4.89. The van der Waals surface area contributed by atoms with E-state index in [1.54, 1.807) is 6.20 Å². The number of fused-ring (bicyclic) bond motifs is 1. The summed E-state index contributed by atoms with van der Waals surface area (Å²) in [7, 11) is 0. The first-order valence-electron chi connectivity index (χ1n) is 6.62. The molecule has 0 saturated carbocycles. The highest BCUT2D eigenvalue weighted by atomic mass is 14.9. The topological polar surface area (TPSA) is 64.7 Å². The lowest BCUT2D eigenvalue weighted by molar-refractivity contribution is 0.779. The third kappa shape index (κ3) is 2.20. The lowest BCUT2D eigenvalue weighted by Gasteiger charge is -2.10. The summed E-state index contributed by atoms with van der Waals surface area (Å²) in [5, 5.41) is 2.21. The second-order valence-corrected chi connectivity index (χ2v) is 5.09. The molecule has 0 aliphatic rings. The molecule has 2 heterocycles. The number of benzene rings is 1. The van der Waals surface area contributed by atoms with Crippen LogP contribution >= 0.6 is 0 Å². The molecule has 2 aromatic heterocycles. The molecule has 4 nitrogen and oxygen atoms in total. The Morgan fingerprint density at radius 1 is 1.10 bits per heavy atom. The van der Waals surface area contributed by atoms with E-state index < -0.39 is 0 Å². The molecule has 0 atom stereocenters. The van der Waals surface area contributed by atoms with Crippen molar-refractivity contribution in [1.82, 2.24) is 15.0 Å². The second-order valence-electron chi connectivity index (χ2n) is 5.09. The van der Waals surface area contributed by atoms with Crippen molar-refractivity contribution < 1.29 is 0 Å². The molecule has 0 aliphatic carbocycles. The van der Waals surface area contributed by atoms with Crippen LogP contribution in [0.4, 0.5) is 5.82 Å². The first kappa shape index (κ1) is 12.5. The minimum Gasteiger partial charge on any atom is -0.384 e. The highest BCUT2D eigenvalue weighted by Gasteiger charge is 2.10. The molecule has 0 bridgehead atoms. The Kier molecular flexibility index (Phi) is 3.06. The summed E-state index contributed by atoms with van der Waals surface area (Å²) in [6.07, 6.45) is 3.65. The summed E-state index contributed by atoms with van der Waals surface area (Å²) in [5.41, 5.74) is 7.79. The van der Waals surface area contributed by atoms with Gasteiger partial charge in [-0.05, 0) is 11.5 Å². The SMILES string of the molecule is CC(C)c1nc(N)cc(-c2cccc3ccncc23)n1. The predicted octanol–water partition coefficient (Wildman–Crippen LogP) is 3.40. The zero-order chi connectivity index (χ0) is 14.1. The summed E-state index contributed by atoms with van der Waals surface area (Å²) < 4.78 is 0. The molecular weight excluding hydrogens is 248 g/mol. The Labute approximate surface area is 117 Å². The van der Waals surface area contributed by atoms with Crippen LogP contribution in [0.1, 0.15) is 25.6 Å². The molecule has 1 aromatic carbocycles. The van der Waals surface area contributed by atoms with Crippen molar-refractivity contribution >= 4 is 16.6 Å². The van der Waals surface area contributed by atoms with Gasteiger partial charge < -0.3 is 5.73 Å². The Balaban J connectivity index is 2.25. The van der Waals surface area contributed by atoms with Gasteiger partial charge in [0.25, 0.3) is 0 Å². The number of nitrogens with two attached hydrogens (primary N) is 1. The van der Waals surface area contributed by atoms with E-state index in [0.29, 0.717) is 5.82 Å². The van der Waals surface area contributed by atoms with Crippen molar-refractivity contribution in [1.29, 1.82) is 0 Å². The Bertz CT molecular complexity index is 760. The van der Waals surface area contributed by atoms with E-state index in [9.17, 15) is 0 Å². The monoisotopic (exact) mass is 264 g/mol. The fraction of sp³-hybridized carbons (Fsp3) is 0.188. The minimum atomic E-state index is 0.241. The van der Waals surface area contributed by atoms with E-state index in [4.69, 9.17) is 5.73 Å². The summed E-state index contributed by atoms with van der Waals surface area (Å²) in [5.74, 6) is 1.51. The van der Waals surface area contributed by atoms with E-state index in [1.165, 1.54) is 0 Å². The van der Waals surface area contributed by atoms with Gasteiger partial charge in [0, 0.05) is 35.3 Å². The molecule has 0 amide bonds. The molecule has 0 fully saturated rings. The van der Waals surface area contributed by atoms with E-state index in [1.807, 2.05) is 30.5 Å². The molecule has 0 spiro atoms. The summed E-state index contributed by atoms with van der Waals surface area (Å²) in [6, 6.07) is 9.93. The van der Waals surface area contributed by atoms with Crippen molar-refractivity contribution in [2.24, 2.45) is 0 Å². The van der Waals surface area contributed by atoms with E-state index in [2.05, 4.69) is 34.9 Å². The van der Waals surface area contributed by atoms with Crippen LogP contribution in [-0.2, 0) is 0 Å². The zero-order valence-electron chi connectivity index (χ0n) is 11.5. The van der Waals surface area contributed by atoms with Crippen LogP contribution in [0.25, 0.3) is 22.0 Å². The standard InChI is InChI=1S/C16H16N4/c1-10(2)16-19-14(8-15(17)20-16)12-5-3-4-11-6-7-18-9-13(11)12/h3-10H,1-2H3,(H2,17,19,20). The van der Waals surface area contributed by atoms with Gasteiger partial charge in [0.15, 0.2) is 0 Å². The number of hydrogen-bond acceptors (Lipinski definition) is 4. The highest BCUT2D eigenvalue weighted by Crippen LogP contribution is 2.28. The van der Waals surface area contributed by atoms with Gasteiger partial charge in [-0.15, -0.1) is 0 Å². The average molecular weight is 264 g/mol. The van der Waals surface area contributed by atoms with Gasteiger partial charge in [0.05, 0.1) is 5.69 Å². The number of pyridine rings is 1. The lowest BCUT2D eigenvalue weighted by Crippen LogP contribution is -2.03. The normalized spacial score (nSPS) is 11.2. The molecular formula is C16H16N4. The Hall–Kier alpha value is -2.49. The summed E-state index contributed by atoms with van der Waals surface area (Å²) in [6.45, 7) is 4.12. The molecule has 3 rings (SSSR count). The summed E-state index contributed by atoms with van der Waals surface area (Å²) in [4.78, 5) is 13.1. The Morgan fingerprint density at radius 2 is 1.95 bits per heavy atom. The van der Waals surface area contributed by atoms with Crippen LogP contribution in [-0.4, -0.2) is 15.0 Å². The molecule has 0 radical (unpaired) electrons. The maximum atomic E-state index is 5.91. The lowest BCUT2D eigenvalue weighted by atomic mass is 10.0. The van der Waals surface area contributed by atoms with Crippen LogP contribution < -0.4 is 5.73 Å². The van der Waals surface area contributed by atoms with Crippen molar-refractivity contribution in [3.63, 3.8) is 0 Å². The third-order valence-electron chi connectivity index (χ3n) is 3.24. The van der Waals surface area contributed by atoms with Crippen molar-refractivity contribution in [3.05, 3.63) is 48.5 Å².